The predicted molar refractivity (Wildman–Crippen MR) is 102 cm³/mol. The van der Waals surface area contributed by atoms with Crippen LogP contribution >= 0.6 is 0 Å². The second kappa shape index (κ2) is 8.75. The Balaban J connectivity index is 1.56. The van der Waals surface area contributed by atoms with E-state index in [-0.39, 0.29) is 17.4 Å². The van der Waals surface area contributed by atoms with Crippen LogP contribution in [-0.4, -0.2) is 29.8 Å². The van der Waals surface area contributed by atoms with Crippen LogP contribution in [0.2, 0.25) is 0 Å². The van der Waals surface area contributed by atoms with Crippen molar-refractivity contribution in [2.45, 2.75) is 6.42 Å². The van der Waals surface area contributed by atoms with Crippen LogP contribution in [0.5, 0.6) is 5.75 Å². The maximum absolute atomic E-state index is 13.6. The fraction of sp³-hybridized carbons (Fsp3) is 0.150. The minimum absolute atomic E-state index is 0.181. The summed E-state index contributed by atoms with van der Waals surface area (Å²) in [5.74, 6) is 0.462. The number of aromatic nitrogens is 2. The third-order valence-corrected chi connectivity index (χ3v) is 3.91. The molecule has 0 unspecified atom stereocenters. The van der Waals surface area contributed by atoms with Crippen molar-refractivity contribution in [1.82, 2.24) is 10.2 Å². The molecule has 1 heterocycles. The molecular weight excluding hydrogens is 347 g/mol. The zero-order valence-corrected chi connectivity index (χ0v) is 14.8. The predicted octanol–water partition coefficient (Wildman–Crippen LogP) is 3.53. The number of ether oxygens (including phenoxy) is 1. The highest BCUT2D eigenvalue weighted by Crippen LogP contribution is 2.23. The lowest BCUT2D eigenvalue weighted by molar-refractivity contribution is 0.102. The molecule has 27 heavy (non-hydrogen) atoms. The molecule has 2 aromatic carbocycles. The van der Waals surface area contributed by atoms with Crippen molar-refractivity contribution < 1.29 is 13.9 Å². The first-order chi connectivity index (χ1) is 13.2. The summed E-state index contributed by atoms with van der Waals surface area (Å²) in [6.07, 6.45) is 0.518. The van der Waals surface area contributed by atoms with Gasteiger partial charge in [-0.15, -0.1) is 10.2 Å². The number of rotatable bonds is 7. The van der Waals surface area contributed by atoms with Gasteiger partial charge in [0.2, 0.25) is 0 Å². The number of hydrogen-bond donors (Lipinski definition) is 2. The number of nitrogens with one attached hydrogen (secondary N) is 2. The molecule has 0 saturated heterocycles. The summed E-state index contributed by atoms with van der Waals surface area (Å²) in [6, 6.07) is 17.0. The second-order valence-electron chi connectivity index (χ2n) is 5.73. The molecule has 7 heteroatoms. The van der Waals surface area contributed by atoms with Crippen molar-refractivity contribution in [3.63, 3.8) is 0 Å². The lowest BCUT2D eigenvalue weighted by Gasteiger charge is -2.09. The maximum Gasteiger partial charge on any atom is 0.276 e. The van der Waals surface area contributed by atoms with Gasteiger partial charge in [0, 0.05) is 6.54 Å². The van der Waals surface area contributed by atoms with E-state index in [1.54, 1.807) is 48.5 Å². The zero-order valence-electron chi connectivity index (χ0n) is 14.8. The highest BCUT2D eigenvalue weighted by atomic mass is 19.1. The average molecular weight is 366 g/mol. The molecule has 6 nitrogen and oxygen atoms in total. The van der Waals surface area contributed by atoms with Gasteiger partial charge < -0.3 is 15.4 Å². The minimum Gasteiger partial charge on any atom is -0.495 e. The second-order valence-corrected chi connectivity index (χ2v) is 5.73. The van der Waals surface area contributed by atoms with Crippen molar-refractivity contribution in [2.75, 3.05) is 24.3 Å². The van der Waals surface area contributed by atoms with E-state index in [1.807, 2.05) is 6.07 Å². The molecule has 0 aliphatic heterocycles. The Morgan fingerprint density at radius 2 is 1.81 bits per heavy atom. The van der Waals surface area contributed by atoms with Crippen LogP contribution < -0.4 is 15.4 Å². The molecule has 1 aromatic heterocycles. The molecule has 0 bridgehead atoms. The van der Waals surface area contributed by atoms with Crippen LogP contribution in [0.4, 0.5) is 15.9 Å². The van der Waals surface area contributed by atoms with Gasteiger partial charge in [-0.25, -0.2) is 4.39 Å². The summed E-state index contributed by atoms with van der Waals surface area (Å²) in [6.45, 7) is 0.502. The number of benzene rings is 2. The lowest BCUT2D eigenvalue weighted by atomic mass is 10.1. The van der Waals surface area contributed by atoms with Crippen LogP contribution in [0.25, 0.3) is 0 Å². The van der Waals surface area contributed by atoms with Gasteiger partial charge >= 0.3 is 0 Å². The molecular formula is C20H19FN4O2. The first-order valence-electron chi connectivity index (χ1n) is 8.43. The fourth-order valence-electron chi connectivity index (χ4n) is 2.51. The summed E-state index contributed by atoms with van der Waals surface area (Å²) in [5.41, 5.74) is 1.37. The number of hydrogen-bond acceptors (Lipinski definition) is 5. The summed E-state index contributed by atoms with van der Waals surface area (Å²) < 4.78 is 18.8. The molecule has 2 N–H and O–H groups in total. The Labute approximate surface area is 156 Å². The van der Waals surface area contributed by atoms with Crippen molar-refractivity contribution in [3.05, 3.63) is 77.7 Å². The Kier molecular flexibility index (Phi) is 5.94. The van der Waals surface area contributed by atoms with E-state index in [0.29, 0.717) is 35.8 Å². The molecule has 3 rings (SSSR count). The van der Waals surface area contributed by atoms with E-state index in [1.165, 1.54) is 13.2 Å². The van der Waals surface area contributed by atoms with E-state index < -0.39 is 0 Å². The number of nitrogens with zero attached hydrogens (tertiary/aromatic N) is 2. The first-order valence-corrected chi connectivity index (χ1v) is 8.43. The topological polar surface area (TPSA) is 76.1 Å². The Bertz CT molecular complexity index is 916. The van der Waals surface area contributed by atoms with E-state index in [0.717, 1.165) is 0 Å². The fourth-order valence-corrected chi connectivity index (χ4v) is 2.51. The van der Waals surface area contributed by atoms with Crippen molar-refractivity contribution in [3.8, 4) is 5.75 Å². The van der Waals surface area contributed by atoms with E-state index >= 15 is 0 Å². The number of halogens is 1. The largest absolute Gasteiger partial charge is 0.495 e. The summed E-state index contributed by atoms with van der Waals surface area (Å²) in [5, 5.41) is 13.7. The van der Waals surface area contributed by atoms with Gasteiger partial charge in [0.05, 0.1) is 12.8 Å². The van der Waals surface area contributed by atoms with Crippen molar-refractivity contribution in [2.24, 2.45) is 0 Å². The molecule has 1 amide bonds. The van der Waals surface area contributed by atoms with Gasteiger partial charge in [0.25, 0.3) is 5.91 Å². The highest BCUT2D eigenvalue weighted by Gasteiger charge is 2.11. The maximum atomic E-state index is 13.6. The van der Waals surface area contributed by atoms with Gasteiger partial charge in [-0.2, -0.15) is 0 Å². The number of amides is 1. The van der Waals surface area contributed by atoms with E-state index in [4.69, 9.17) is 4.74 Å². The molecule has 0 aliphatic carbocycles. The first kappa shape index (κ1) is 18.3. The van der Waals surface area contributed by atoms with E-state index in [9.17, 15) is 9.18 Å². The quantitative estimate of drug-likeness (QED) is 0.669. The lowest BCUT2D eigenvalue weighted by Crippen LogP contribution is -2.15. The van der Waals surface area contributed by atoms with Crippen LogP contribution in [0, 0.1) is 5.82 Å². The molecule has 138 valence electrons. The molecule has 0 spiro atoms. The average Bonchev–Trinajstić information content (AvgIpc) is 2.70. The van der Waals surface area contributed by atoms with Crippen LogP contribution in [0.15, 0.2) is 60.7 Å². The number of carbonyl (C=O) groups excluding carboxylic acids is 1. The number of methoxy groups -OCH3 is 1. The summed E-state index contributed by atoms with van der Waals surface area (Å²) in [7, 11) is 1.53. The normalized spacial score (nSPS) is 10.3. The van der Waals surface area contributed by atoms with Gasteiger partial charge in [0.1, 0.15) is 17.4 Å². The van der Waals surface area contributed by atoms with Gasteiger partial charge in [-0.1, -0.05) is 30.3 Å². The SMILES string of the molecule is COc1ccccc1NC(=O)c1ccc(NCCc2ccccc2F)nn1. The van der Waals surface area contributed by atoms with Crippen LogP contribution in [0.3, 0.4) is 0 Å². The Hall–Kier alpha value is -3.48. The third-order valence-electron chi connectivity index (χ3n) is 3.91. The molecule has 0 aliphatic rings. The van der Waals surface area contributed by atoms with Gasteiger partial charge in [0.15, 0.2) is 5.69 Å². The summed E-state index contributed by atoms with van der Waals surface area (Å²) >= 11 is 0. The van der Waals surface area contributed by atoms with Crippen LogP contribution in [-0.2, 0) is 6.42 Å². The number of para-hydroxylation sites is 2. The highest BCUT2D eigenvalue weighted by molar-refractivity contribution is 6.03. The smallest absolute Gasteiger partial charge is 0.276 e. The molecule has 0 saturated carbocycles. The standard InChI is InChI=1S/C20H19FN4O2/c1-27-18-9-5-4-8-16(18)23-20(26)17-10-11-19(25-24-17)22-13-12-14-6-2-3-7-15(14)21/h2-11H,12-13H2,1H3,(H,22,25)(H,23,26). The molecule has 0 radical (unpaired) electrons. The van der Waals surface area contributed by atoms with Crippen molar-refractivity contribution in [1.29, 1.82) is 0 Å². The molecule has 0 fully saturated rings. The third kappa shape index (κ3) is 4.78. The van der Waals surface area contributed by atoms with Crippen molar-refractivity contribution >= 4 is 17.4 Å². The summed E-state index contributed by atoms with van der Waals surface area (Å²) in [4.78, 5) is 12.3. The van der Waals surface area contributed by atoms with Crippen LogP contribution in [0.1, 0.15) is 16.1 Å². The van der Waals surface area contributed by atoms with Gasteiger partial charge in [-0.3, -0.25) is 4.79 Å². The number of carbonyl (C=O) groups is 1. The molecule has 3 aromatic rings. The monoisotopic (exact) mass is 366 g/mol. The number of anilines is 2. The zero-order chi connectivity index (χ0) is 19.1. The Morgan fingerprint density at radius 3 is 2.56 bits per heavy atom. The van der Waals surface area contributed by atoms with E-state index in [2.05, 4.69) is 20.8 Å². The molecule has 0 atom stereocenters. The van der Waals surface area contributed by atoms with Gasteiger partial charge in [-0.05, 0) is 42.3 Å². The minimum atomic E-state index is -0.384. The Morgan fingerprint density at radius 1 is 1.04 bits per heavy atom.